The van der Waals surface area contributed by atoms with E-state index in [2.05, 4.69) is 15.0 Å². The third-order valence-corrected chi connectivity index (χ3v) is 3.13. The van der Waals surface area contributed by atoms with Crippen molar-refractivity contribution in [2.45, 2.75) is 6.54 Å². The van der Waals surface area contributed by atoms with E-state index in [-0.39, 0.29) is 19.1 Å². The van der Waals surface area contributed by atoms with E-state index in [4.69, 9.17) is 9.47 Å². The fraction of sp³-hybridized carbons (Fsp3) is 0.235. The summed E-state index contributed by atoms with van der Waals surface area (Å²) in [4.78, 5) is 27.4. The molecule has 0 aliphatic rings. The number of aromatic nitrogens is 1. The van der Waals surface area contributed by atoms with Crippen molar-refractivity contribution in [1.29, 1.82) is 0 Å². The summed E-state index contributed by atoms with van der Waals surface area (Å²) in [6.07, 6.45) is 1.49. The van der Waals surface area contributed by atoms with Gasteiger partial charge in [-0.1, -0.05) is 12.1 Å². The van der Waals surface area contributed by atoms with Crippen molar-refractivity contribution in [2.75, 3.05) is 20.8 Å². The number of hydrogen-bond donors (Lipinski definition) is 1. The molecule has 0 aliphatic carbocycles. The first-order valence-corrected chi connectivity index (χ1v) is 7.19. The highest BCUT2D eigenvalue weighted by atomic mass is 16.5. The Morgan fingerprint density at radius 2 is 1.88 bits per heavy atom. The Kier molecular flexibility index (Phi) is 6.13. The molecular formula is C17H18N2O5. The number of hydrogen-bond acceptors (Lipinski definition) is 6. The van der Waals surface area contributed by atoms with Crippen LogP contribution in [0, 0.1) is 0 Å². The molecule has 0 radical (unpaired) electrons. The van der Waals surface area contributed by atoms with Crippen LogP contribution in [0.1, 0.15) is 16.1 Å². The van der Waals surface area contributed by atoms with Crippen molar-refractivity contribution in [1.82, 2.24) is 10.3 Å². The number of amides is 1. The Morgan fingerprint density at radius 1 is 1.12 bits per heavy atom. The summed E-state index contributed by atoms with van der Waals surface area (Å²) >= 11 is 0. The third-order valence-electron chi connectivity index (χ3n) is 3.13. The van der Waals surface area contributed by atoms with E-state index < -0.39 is 5.97 Å². The lowest BCUT2D eigenvalue weighted by Crippen LogP contribution is -2.28. The standard InChI is InChI=1S/C17H18N2O5/c1-22-14-5-3-4-6-15(14)24-11-16(20)19-10-13-9-12(7-8-18-13)17(21)23-2/h3-9H,10-11H2,1-2H3,(H,19,20). The Hall–Kier alpha value is -3.09. The number of para-hydroxylation sites is 2. The van der Waals surface area contributed by atoms with E-state index in [0.717, 1.165) is 0 Å². The van der Waals surface area contributed by atoms with E-state index >= 15 is 0 Å². The molecule has 1 aromatic carbocycles. The molecule has 1 amide bonds. The summed E-state index contributed by atoms with van der Waals surface area (Å²) in [6, 6.07) is 10.2. The first-order valence-electron chi connectivity index (χ1n) is 7.19. The first kappa shape index (κ1) is 17.3. The number of pyridine rings is 1. The van der Waals surface area contributed by atoms with E-state index in [1.165, 1.54) is 20.4 Å². The predicted octanol–water partition coefficient (Wildman–Crippen LogP) is 1.57. The average Bonchev–Trinajstić information content (AvgIpc) is 2.64. The lowest BCUT2D eigenvalue weighted by Gasteiger charge is -2.10. The topological polar surface area (TPSA) is 86.8 Å². The Balaban J connectivity index is 1.86. The van der Waals surface area contributed by atoms with Gasteiger partial charge in [-0.3, -0.25) is 9.78 Å². The minimum atomic E-state index is -0.454. The molecule has 0 saturated heterocycles. The van der Waals surface area contributed by atoms with Crippen molar-refractivity contribution in [3.05, 3.63) is 53.9 Å². The lowest BCUT2D eigenvalue weighted by molar-refractivity contribution is -0.123. The second-order valence-corrected chi connectivity index (χ2v) is 4.74. The van der Waals surface area contributed by atoms with Crippen molar-refractivity contribution in [2.24, 2.45) is 0 Å². The molecule has 2 rings (SSSR count). The molecule has 7 heteroatoms. The maximum absolute atomic E-state index is 11.9. The van der Waals surface area contributed by atoms with Gasteiger partial charge in [0.2, 0.25) is 0 Å². The zero-order valence-electron chi connectivity index (χ0n) is 13.4. The van der Waals surface area contributed by atoms with Crippen LogP contribution in [0.15, 0.2) is 42.6 Å². The van der Waals surface area contributed by atoms with Crippen LogP contribution in [0.5, 0.6) is 11.5 Å². The number of benzene rings is 1. The minimum absolute atomic E-state index is 0.156. The van der Waals surface area contributed by atoms with Gasteiger partial charge in [-0.2, -0.15) is 0 Å². The lowest BCUT2D eigenvalue weighted by atomic mass is 10.2. The molecule has 2 aromatic rings. The van der Waals surface area contributed by atoms with E-state index in [0.29, 0.717) is 22.8 Å². The van der Waals surface area contributed by atoms with E-state index in [9.17, 15) is 9.59 Å². The largest absolute Gasteiger partial charge is 0.493 e. The van der Waals surface area contributed by atoms with Crippen molar-refractivity contribution in [3.63, 3.8) is 0 Å². The molecular weight excluding hydrogens is 312 g/mol. The molecule has 0 atom stereocenters. The fourth-order valence-electron chi connectivity index (χ4n) is 1.94. The smallest absolute Gasteiger partial charge is 0.337 e. The normalized spacial score (nSPS) is 9.92. The zero-order chi connectivity index (χ0) is 17.4. The van der Waals surface area contributed by atoms with Gasteiger partial charge in [0, 0.05) is 6.20 Å². The maximum Gasteiger partial charge on any atom is 0.337 e. The van der Waals surface area contributed by atoms with Crippen LogP contribution in [0.3, 0.4) is 0 Å². The van der Waals surface area contributed by atoms with Gasteiger partial charge in [-0.15, -0.1) is 0 Å². The van der Waals surface area contributed by atoms with Crippen molar-refractivity contribution in [3.8, 4) is 11.5 Å². The van der Waals surface area contributed by atoms with Crippen LogP contribution in [0.25, 0.3) is 0 Å². The maximum atomic E-state index is 11.9. The first-order chi connectivity index (χ1) is 11.6. The van der Waals surface area contributed by atoms with Crippen LogP contribution in [0.2, 0.25) is 0 Å². The molecule has 1 N–H and O–H groups in total. The van der Waals surface area contributed by atoms with Gasteiger partial charge in [-0.25, -0.2) is 4.79 Å². The summed E-state index contributed by atoms with van der Waals surface area (Å²) in [5, 5.41) is 2.67. The number of nitrogens with one attached hydrogen (secondary N) is 1. The quantitative estimate of drug-likeness (QED) is 0.776. The number of nitrogens with zero attached hydrogens (tertiary/aromatic N) is 1. The Bertz CT molecular complexity index is 718. The highest BCUT2D eigenvalue weighted by Crippen LogP contribution is 2.25. The highest BCUT2D eigenvalue weighted by molar-refractivity contribution is 5.89. The summed E-state index contributed by atoms with van der Waals surface area (Å²) in [6.45, 7) is 0.0238. The van der Waals surface area contributed by atoms with Gasteiger partial charge in [-0.05, 0) is 24.3 Å². The van der Waals surface area contributed by atoms with Gasteiger partial charge in [0.15, 0.2) is 18.1 Å². The molecule has 24 heavy (non-hydrogen) atoms. The van der Waals surface area contributed by atoms with Crippen LogP contribution in [-0.2, 0) is 16.1 Å². The summed E-state index contributed by atoms with van der Waals surface area (Å²) < 4.78 is 15.2. The number of esters is 1. The SMILES string of the molecule is COC(=O)c1ccnc(CNC(=O)COc2ccccc2OC)c1. The predicted molar refractivity (Wildman–Crippen MR) is 85.9 cm³/mol. The molecule has 0 unspecified atom stereocenters. The summed E-state index contributed by atoms with van der Waals surface area (Å²) in [7, 11) is 2.83. The van der Waals surface area contributed by atoms with Crippen molar-refractivity contribution >= 4 is 11.9 Å². The minimum Gasteiger partial charge on any atom is -0.493 e. The second kappa shape index (κ2) is 8.52. The molecule has 1 aromatic heterocycles. The molecule has 0 saturated carbocycles. The fourth-order valence-corrected chi connectivity index (χ4v) is 1.94. The number of rotatable bonds is 7. The average molecular weight is 330 g/mol. The monoisotopic (exact) mass is 330 g/mol. The Labute approximate surface area is 139 Å². The van der Waals surface area contributed by atoms with E-state index in [1.807, 2.05) is 6.07 Å². The number of carbonyl (C=O) groups excluding carboxylic acids is 2. The molecule has 7 nitrogen and oxygen atoms in total. The highest BCUT2D eigenvalue weighted by Gasteiger charge is 2.09. The van der Waals surface area contributed by atoms with Crippen LogP contribution in [-0.4, -0.2) is 37.7 Å². The zero-order valence-corrected chi connectivity index (χ0v) is 13.4. The summed E-state index contributed by atoms with van der Waals surface area (Å²) in [5.41, 5.74) is 0.922. The van der Waals surface area contributed by atoms with Gasteiger partial charge < -0.3 is 19.5 Å². The molecule has 0 spiro atoms. The van der Waals surface area contributed by atoms with E-state index in [1.54, 1.807) is 30.3 Å². The molecule has 0 fully saturated rings. The van der Waals surface area contributed by atoms with Crippen LogP contribution in [0.4, 0.5) is 0 Å². The van der Waals surface area contributed by atoms with Crippen LogP contribution < -0.4 is 14.8 Å². The van der Waals surface area contributed by atoms with Crippen LogP contribution >= 0.6 is 0 Å². The molecule has 0 bridgehead atoms. The molecule has 126 valence electrons. The van der Waals surface area contributed by atoms with Gasteiger partial charge in [0.25, 0.3) is 5.91 Å². The number of carbonyl (C=O) groups is 2. The number of ether oxygens (including phenoxy) is 3. The Morgan fingerprint density at radius 3 is 2.58 bits per heavy atom. The third kappa shape index (κ3) is 4.70. The number of methoxy groups -OCH3 is 2. The van der Waals surface area contributed by atoms with Gasteiger partial charge >= 0.3 is 5.97 Å². The van der Waals surface area contributed by atoms with Gasteiger partial charge in [0.05, 0.1) is 32.0 Å². The molecule has 0 aliphatic heterocycles. The molecule has 1 heterocycles. The van der Waals surface area contributed by atoms with Gasteiger partial charge in [0.1, 0.15) is 0 Å². The second-order valence-electron chi connectivity index (χ2n) is 4.74. The van der Waals surface area contributed by atoms with Crippen molar-refractivity contribution < 1.29 is 23.8 Å². The summed E-state index contributed by atoms with van der Waals surface area (Å²) in [5.74, 6) is 0.273.